The fraction of sp³-hybridized carbons (Fsp3) is 0.778. The van der Waals surface area contributed by atoms with Crippen LogP contribution in [0.2, 0.25) is 0 Å². The molecule has 3 fully saturated rings. The number of carbonyl (C=O) groups excluding carboxylic acids is 1. The molecule has 1 unspecified atom stereocenters. The van der Waals surface area contributed by atoms with Crippen molar-refractivity contribution >= 4 is 11.9 Å². The van der Waals surface area contributed by atoms with Crippen LogP contribution in [0.4, 0.5) is 13.2 Å². The summed E-state index contributed by atoms with van der Waals surface area (Å²) >= 11 is 0. The molecule has 0 saturated heterocycles. The van der Waals surface area contributed by atoms with Crippen molar-refractivity contribution in [3.63, 3.8) is 0 Å². The number of carboxylic acids is 1. The molecule has 0 aromatic carbocycles. The third-order valence-corrected chi connectivity index (χ3v) is 3.46. The molecule has 90 valence electrons. The Morgan fingerprint density at radius 2 is 1.88 bits per heavy atom. The SMILES string of the molecule is O=C(O)C1CC2CC1(NC(=O)C(F)(F)F)C2. The first-order valence-corrected chi connectivity index (χ1v) is 4.87. The largest absolute Gasteiger partial charge is 0.481 e. The van der Waals surface area contributed by atoms with Crippen molar-refractivity contribution in [3.05, 3.63) is 0 Å². The summed E-state index contributed by atoms with van der Waals surface area (Å²) in [5.41, 5.74) is -1.16. The van der Waals surface area contributed by atoms with Crippen LogP contribution in [0.3, 0.4) is 0 Å². The van der Waals surface area contributed by atoms with E-state index in [4.69, 9.17) is 5.11 Å². The van der Waals surface area contributed by atoms with Crippen LogP contribution in [0.25, 0.3) is 0 Å². The van der Waals surface area contributed by atoms with Gasteiger partial charge >= 0.3 is 18.1 Å². The molecule has 0 heterocycles. The molecule has 0 aromatic rings. The zero-order valence-electron chi connectivity index (χ0n) is 8.17. The van der Waals surface area contributed by atoms with Gasteiger partial charge in [-0.05, 0) is 25.2 Å². The summed E-state index contributed by atoms with van der Waals surface area (Å²) in [5.74, 6) is -3.93. The Kier molecular flexibility index (Phi) is 2.18. The van der Waals surface area contributed by atoms with Crippen molar-refractivity contribution in [2.24, 2.45) is 11.8 Å². The summed E-state index contributed by atoms with van der Waals surface area (Å²) < 4.78 is 36.2. The van der Waals surface area contributed by atoms with E-state index in [1.54, 1.807) is 0 Å². The van der Waals surface area contributed by atoms with Crippen LogP contribution in [-0.4, -0.2) is 28.7 Å². The molecule has 0 spiro atoms. The lowest BCUT2D eigenvalue weighted by molar-refractivity contribution is -0.177. The summed E-state index contributed by atoms with van der Waals surface area (Å²) in [6.07, 6.45) is -3.92. The van der Waals surface area contributed by atoms with E-state index in [0.29, 0.717) is 19.3 Å². The summed E-state index contributed by atoms with van der Waals surface area (Å²) in [4.78, 5) is 21.6. The number of hydrogen-bond donors (Lipinski definition) is 2. The van der Waals surface area contributed by atoms with E-state index < -0.39 is 29.5 Å². The Labute approximate surface area is 88.8 Å². The lowest BCUT2D eigenvalue weighted by atomic mass is 9.74. The average Bonchev–Trinajstić information content (AvgIpc) is 2.55. The van der Waals surface area contributed by atoms with Crippen molar-refractivity contribution < 1.29 is 27.9 Å². The molecule has 3 aliphatic rings. The predicted molar refractivity (Wildman–Crippen MR) is 45.4 cm³/mol. The van der Waals surface area contributed by atoms with E-state index in [0.717, 1.165) is 0 Å². The first kappa shape index (κ1) is 11.2. The highest BCUT2D eigenvalue weighted by atomic mass is 19.4. The van der Waals surface area contributed by atoms with Crippen molar-refractivity contribution in [2.45, 2.75) is 31.0 Å². The number of nitrogens with one attached hydrogen (secondary N) is 1. The van der Waals surface area contributed by atoms with Gasteiger partial charge in [0.15, 0.2) is 0 Å². The summed E-state index contributed by atoms with van der Waals surface area (Å²) in [6.45, 7) is 0. The summed E-state index contributed by atoms with van der Waals surface area (Å²) in [5, 5.41) is 10.7. The van der Waals surface area contributed by atoms with Crippen molar-refractivity contribution in [1.29, 1.82) is 0 Å². The minimum atomic E-state index is -4.95. The number of carbonyl (C=O) groups is 2. The number of alkyl halides is 3. The number of carboxylic acid groups (broad SMARTS) is 1. The summed E-state index contributed by atoms with van der Waals surface area (Å²) in [6, 6.07) is 0. The fourth-order valence-electron chi connectivity index (χ4n) is 2.80. The molecule has 0 aliphatic heterocycles. The molecule has 16 heavy (non-hydrogen) atoms. The second kappa shape index (κ2) is 3.11. The van der Waals surface area contributed by atoms with E-state index in [2.05, 4.69) is 0 Å². The van der Waals surface area contributed by atoms with Gasteiger partial charge in [-0.1, -0.05) is 0 Å². The molecule has 0 aromatic heterocycles. The number of amides is 1. The Balaban J connectivity index is 2.10. The van der Waals surface area contributed by atoms with Crippen LogP contribution in [0.5, 0.6) is 0 Å². The maximum atomic E-state index is 12.1. The van der Waals surface area contributed by atoms with Gasteiger partial charge in [0.1, 0.15) is 0 Å². The van der Waals surface area contributed by atoms with Gasteiger partial charge in [-0.15, -0.1) is 0 Å². The maximum absolute atomic E-state index is 12.1. The quantitative estimate of drug-likeness (QED) is 0.750. The molecule has 2 bridgehead atoms. The molecule has 4 nitrogen and oxygen atoms in total. The summed E-state index contributed by atoms with van der Waals surface area (Å²) in [7, 11) is 0. The normalized spacial score (nSPS) is 36.7. The van der Waals surface area contributed by atoms with Crippen molar-refractivity contribution in [1.82, 2.24) is 5.32 Å². The zero-order chi connectivity index (χ0) is 12.1. The van der Waals surface area contributed by atoms with Crippen molar-refractivity contribution in [3.8, 4) is 0 Å². The highest BCUT2D eigenvalue weighted by molar-refractivity contribution is 5.84. The van der Waals surface area contributed by atoms with Gasteiger partial charge in [0.25, 0.3) is 0 Å². The molecule has 2 N–H and O–H groups in total. The third kappa shape index (κ3) is 1.54. The maximum Gasteiger partial charge on any atom is 0.471 e. The van der Waals surface area contributed by atoms with Gasteiger partial charge < -0.3 is 10.4 Å². The van der Waals surface area contributed by atoms with Gasteiger partial charge in [0.2, 0.25) is 0 Å². The lowest BCUT2D eigenvalue weighted by Crippen LogP contribution is -2.59. The van der Waals surface area contributed by atoms with Crippen LogP contribution in [0, 0.1) is 11.8 Å². The molecule has 3 rings (SSSR count). The molecule has 1 atom stereocenters. The molecular weight excluding hydrogens is 227 g/mol. The van der Waals surface area contributed by atoms with E-state index in [-0.39, 0.29) is 5.92 Å². The highest BCUT2D eigenvalue weighted by Crippen LogP contribution is 2.55. The third-order valence-electron chi connectivity index (χ3n) is 3.46. The Hall–Kier alpha value is -1.27. The Bertz CT molecular complexity index is 346. The minimum Gasteiger partial charge on any atom is -0.481 e. The van der Waals surface area contributed by atoms with E-state index in [1.807, 2.05) is 5.32 Å². The molecule has 7 heteroatoms. The Morgan fingerprint density at radius 3 is 2.31 bits per heavy atom. The number of aliphatic carboxylic acids is 1. The van der Waals surface area contributed by atoms with Crippen LogP contribution >= 0.6 is 0 Å². The van der Waals surface area contributed by atoms with E-state index >= 15 is 0 Å². The smallest absolute Gasteiger partial charge is 0.471 e. The Morgan fingerprint density at radius 1 is 1.31 bits per heavy atom. The van der Waals surface area contributed by atoms with Gasteiger partial charge in [-0.2, -0.15) is 13.2 Å². The van der Waals surface area contributed by atoms with E-state index in [1.165, 1.54) is 0 Å². The number of halogens is 3. The zero-order valence-corrected chi connectivity index (χ0v) is 8.17. The molecule has 0 radical (unpaired) electrons. The first-order chi connectivity index (χ1) is 7.24. The van der Waals surface area contributed by atoms with Crippen LogP contribution in [0.15, 0.2) is 0 Å². The number of hydrogen-bond acceptors (Lipinski definition) is 2. The highest BCUT2D eigenvalue weighted by Gasteiger charge is 2.62. The second-order valence-corrected chi connectivity index (χ2v) is 4.51. The predicted octanol–water partition coefficient (Wildman–Crippen LogP) is 0.918. The molecular formula is C9H10F3NO3. The van der Waals surface area contributed by atoms with Crippen LogP contribution in [0.1, 0.15) is 19.3 Å². The molecule has 1 amide bonds. The second-order valence-electron chi connectivity index (χ2n) is 4.51. The fourth-order valence-corrected chi connectivity index (χ4v) is 2.80. The van der Waals surface area contributed by atoms with Gasteiger partial charge in [0, 0.05) is 0 Å². The van der Waals surface area contributed by atoms with Crippen LogP contribution in [-0.2, 0) is 9.59 Å². The van der Waals surface area contributed by atoms with Gasteiger partial charge in [-0.25, -0.2) is 0 Å². The molecule has 3 aliphatic carbocycles. The molecule has 3 saturated carbocycles. The number of fused-ring (bicyclic) bond motifs is 1. The van der Waals surface area contributed by atoms with Crippen molar-refractivity contribution in [2.75, 3.05) is 0 Å². The average molecular weight is 237 g/mol. The van der Waals surface area contributed by atoms with Crippen LogP contribution < -0.4 is 5.32 Å². The minimum absolute atomic E-state index is 0.134. The van der Waals surface area contributed by atoms with Gasteiger partial charge in [0.05, 0.1) is 11.5 Å². The first-order valence-electron chi connectivity index (χ1n) is 4.87. The number of rotatable bonds is 2. The topological polar surface area (TPSA) is 66.4 Å². The van der Waals surface area contributed by atoms with Gasteiger partial charge in [-0.3, -0.25) is 9.59 Å². The monoisotopic (exact) mass is 237 g/mol. The standard InChI is InChI=1S/C9H10F3NO3/c10-9(11,12)7(16)13-8-2-4(3-8)1-5(8)6(14)15/h4-5H,1-3H2,(H,13,16)(H,14,15). The lowest BCUT2D eigenvalue weighted by Gasteiger charge is -2.41. The van der Waals surface area contributed by atoms with E-state index in [9.17, 15) is 22.8 Å².